The molecule has 2 rings (SSSR count). The summed E-state index contributed by atoms with van der Waals surface area (Å²) in [6.07, 6.45) is 1.29. The zero-order chi connectivity index (χ0) is 17.0. The van der Waals surface area contributed by atoms with Gasteiger partial charge in [0.25, 0.3) is 0 Å². The lowest BCUT2D eigenvalue weighted by Gasteiger charge is -2.38. The van der Waals surface area contributed by atoms with E-state index in [0.717, 1.165) is 0 Å². The standard InChI is InChI=1S/C16H19ClFNO4/c1-19(13-8-23-9-14(22-2)16(13)21)15(20)6-4-10-3-5-11(17)7-12(10)18/h3-7,13-14,16,21H,8-9H2,1-2H3/t13-,14-,16+/m1/s1. The number of methoxy groups -OCH3 is 1. The second-order valence-corrected chi connectivity index (χ2v) is 5.75. The first-order valence-corrected chi connectivity index (χ1v) is 7.50. The van der Waals surface area contributed by atoms with Crippen LogP contribution in [0.5, 0.6) is 0 Å². The largest absolute Gasteiger partial charge is 0.388 e. The van der Waals surface area contributed by atoms with Crippen LogP contribution in [0.3, 0.4) is 0 Å². The van der Waals surface area contributed by atoms with E-state index in [1.54, 1.807) is 13.1 Å². The molecule has 1 saturated heterocycles. The predicted molar refractivity (Wildman–Crippen MR) is 84.6 cm³/mol. The number of hydrogen-bond acceptors (Lipinski definition) is 4. The molecule has 1 aromatic carbocycles. The summed E-state index contributed by atoms with van der Waals surface area (Å²) in [4.78, 5) is 13.6. The molecule has 126 valence electrons. The minimum atomic E-state index is -0.844. The number of carbonyl (C=O) groups excluding carboxylic acids is 1. The van der Waals surface area contributed by atoms with Gasteiger partial charge in [-0.2, -0.15) is 0 Å². The molecular weight excluding hydrogens is 325 g/mol. The molecule has 5 nitrogen and oxygen atoms in total. The van der Waals surface area contributed by atoms with E-state index in [9.17, 15) is 14.3 Å². The highest BCUT2D eigenvalue weighted by Crippen LogP contribution is 2.18. The van der Waals surface area contributed by atoms with Crippen molar-refractivity contribution in [1.82, 2.24) is 4.90 Å². The quantitative estimate of drug-likeness (QED) is 0.846. The van der Waals surface area contributed by atoms with E-state index in [1.165, 1.54) is 36.3 Å². The van der Waals surface area contributed by atoms with Gasteiger partial charge in [0.15, 0.2) is 0 Å². The van der Waals surface area contributed by atoms with Crippen molar-refractivity contribution in [2.24, 2.45) is 0 Å². The van der Waals surface area contributed by atoms with Gasteiger partial charge in [0.05, 0.1) is 19.3 Å². The molecule has 1 heterocycles. The summed E-state index contributed by atoms with van der Waals surface area (Å²) in [6.45, 7) is 0.494. The Kier molecular flexibility index (Phi) is 6.12. The third-order valence-corrected chi connectivity index (χ3v) is 4.10. The van der Waals surface area contributed by atoms with Crippen LogP contribution in [0.1, 0.15) is 5.56 Å². The monoisotopic (exact) mass is 343 g/mol. The molecule has 0 saturated carbocycles. The number of ether oxygens (including phenoxy) is 2. The summed E-state index contributed by atoms with van der Waals surface area (Å²) in [7, 11) is 3.03. The number of likely N-dealkylation sites (N-methyl/N-ethyl adjacent to an activating group) is 1. The fraction of sp³-hybridized carbons (Fsp3) is 0.438. The highest BCUT2D eigenvalue weighted by Gasteiger charge is 2.36. The van der Waals surface area contributed by atoms with Crippen LogP contribution in [0, 0.1) is 5.82 Å². The fourth-order valence-corrected chi connectivity index (χ4v) is 2.54. The molecule has 1 aromatic rings. The lowest BCUT2D eigenvalue weighted by atomic mass is 10.0. The normalized spacial score (nSPS) is 24.8. The van der Waals surface area contributed by atoms with Gasteiger partial charge in [0, 0.05) is 30.8 Å². The number of halogens is 2. The molecule has 1 amide bonds. The van der Waals surface area contributed by atoms with E-state index in [-0.39, 0.29) is 29.7 Å². The van der Waals surface area contributed by atoms with Crippen molar-refractivity contribution in [1.29, 1.82) is 0 Å². The first-order valence-electron chi connectivity index (χ1n) is 7.12. The van der Waals surface area contributed by atoms with Crippen LogP contribution in [0.4, 0.5) is 4.39 Å². The molecule has 1 aliphatic heterocycles. The summed E-state index contributed by atoms with van der Waals surface area (Å²) < 4.78 is 24.2. The van der Waals surface area contributed by atoms with E-state index >= 15 is 0 Å². The van der Waals surface area contributed by atoms with Crippen molar-refractivity contribution >= 4 is 23.6 Å². The summed E-state index contributed by atoms with van der Waals surface area (Å²) in [5.74, 6) is -0.881. The molecule has 0 spiro atoms. The van der Waals surface area contributed by atoms with Gasteiger partial charge in [-0.25, -0.2) is 4.39 Å². The lowest BCUT2D eigenvalue weighted by Crippen LogP contribution is -2.56. The zero-order valence-corrected chi connectivity index (χ0v) is 13.7. The molecule has 0 aromatic heterocycles. The number of hydrogen-bond donors (Lipinski definition) is 1. The van der Waals surface area contributed by atoms with E-state index in [4.69, 9.17) is 21.1 Å². The van der Waals surface area contributed by atoms with Crippen LogP contribution < -0.4 is 0 Å². The van der Waals surface area contributed by atoms with Crippen molar-refractivity contribution in [2.45, 2.75) is 18.2 Å². The Hall–Kier alpha value is -1.47. The number of nitrogens with zero attached hydrogens (tertiary/aromatic N) is 1. The van der Waals surface area contributed by atoms with Gasteiger partial charge in [-0.05, 0) is 18.2 Å². The second-order valence-electron chi connectivity index (χ2n) is 5.32. The van der Waals surface area contributed by atoms with Gasteiger partial charge in [-0.3, -0.25) is 4.79 Å². The maximum Gasteiger partial charge on any atom is 0.246 e. The van der Waals surface area contributed by atoms with Gasteiger partial charge in [0.1, 0.15) is 18.0 Å². The van der Waals surface area contributed by atoms with Crippen molar-refractivity contribution in [2.75, 3.05) is 27.4 Å². The molecule has 1 aliphatic rings. The minimum Gasteiger partial charge on any atom is -0.388 e. The Morgan fingerprint density at radius 3 is 2.91 bits per heavy atom. The second kappa shape index (κ2) is 7.88. The summed E-state index contributed by atoms with van der Waals surface area (Å²) in [5, 5.41) is 10.5. The van der Waals surface area contributed by atoms with E-state index in [1.807, 2.05) is 0 Å². The Bertz CT molecular complexity index is 595. The molecule has 1 fully saturated rings. The molecule has 3 atom stereocenters. The Morgan fingerprint density at radius 1 is 1.52 bits per heavy atom. The number of benzene rings is 1. The predicted octanol–water partition coefficient (Wildman–Crippen LogP) is 1.73. The van der Waals surface area contributed by atoms with Gasteiger partial charge < -0.3 is 19.5 Å². The highest BCUT2D eigenvalue weighted by atomic mass is 35.5. The summed E-state index contributed by atoms with van der Waals surface area (Å²) >= 11 is 5.68. The summed E-state index contributed by atoms with van der Waals surface area (Å²) in [6, 6.07) is 3.68. The number of aliphatic hydroxyl groups excluding tert-OH is 1. The van der Waals surface area contributed by atoms with Crippen LogP contribution >= 0.6 is 11.6 Å². The van der Waals surface area contributed by atoms with Gasteiger partial charge >= 0.3 is 0 Å². The van der Waals surface area contributed by atoms with E-state index < -0.39 is 24.1 Å². The SMILES string of the molecule is CO[C@@H]1COC[C@@H](N(C)C(=O)C=Cc2ccc(Cl)cc2F)[C@@H]1O. The molecule has 23 heavy (non-hydrogen) atoms. The minimum absolute atomic E-state index is 0.215. The Labute approximate surface area is 139 Å². The molecule has 1 N–H and O–H groups in total. The average Bonchev–Trinajstić information content (AvgIpc) is 2.53. The average molecular weight is 344 g/mol. The Balaban J connectivity index is 2.06. The van der Waals surface area contributed by atoms with Crippen molar-refractivity contribution < 1.29 is 23.8 Å². The van der Waals surface area contributed by atoms with Gasteiger partial charge in [-0.15, -0.1) is 0 Å². The number of amides is 1. The highest BCUT2D eigenvalue weighted by molar-refractivity contribution is 6.30. The topological polar surface area (TPSA) is 59.0 Å². The zero-order valence-electron chi connectivity index (χ0n) is 12.9. The van der Waals surface area contributed by atoms with Crippen LogP contribution in [-0.4, -0.2) is 61.5 Å². The van der Waals surface area contributed by atoms with Crippen LogP contribution in [0.2, 0.25) is 5.02 Å². The first kappa shape index (κ1) is 17.9. The molecule has 0 aliphatic carbocycles. The molecule has 0 unspecified atom stereocenters. The van der Waals surface area contributed by atoms with Crippen molar-refractivity contribution in [3.05, 3.63) is 40.7 Å². The molecule has 0 bridgehead atoms. The number of carbonyl (C=O) groups is 1. The maximum atomic E-state index is 13.7. The van der Waals surface area contributed by atoms with E-state index in [2.05, 4.69) is 0 Å². The maximum absolute atomic E-state index is 13.7. The van der Waals surface area contributed by atoms with Crippen LogP contribution in [0.15, 0.2) is 24.3 Å². The number of rotatable bonds is 4. The van der Waals surface area contributed by atoms with Crippen molar-refractivity contribution in [3.8, 4) is 0 Å². The van der Waals surface area contributed by atoms with Gasteiger partial charge in [0.2, 0.25) is 5.91 Å². The molecule has 7 heteroatoms. The fourth-order valence-electron chi connectivity index (χ4n) is 2.38. The molecule has 0 radical (unpaired) electrons. The molecular formula is C16H19ClFNO4. The lowest BCUT2D eigenvalue weighted by molar-refractivity contribution is -0.154. The Morgan fingerprint density at radius 2 is 2.26 bits per heavy atom. The first-order chi connectivity index (χ1) is 10.9. The smallest absolute Gasteiger partial charge is 0.246 e. The third-order valence-electron chi connectivity index (χ3n) is 3.86. The van der Waals surface area contributed by atoms with Crippen LogP contribution in [-0.2, 0) is 14.3 Å². The van der Waals surface area contributed by atoms with E-state index in [0.29, 0.717) is 0 Å². The van der Waals surface area contributed by atoms with Crippen molar-refractivity contribution in [3.63, 3.8) is 0 Å². The summed E-state index contributed by atoms with van der Waals surface area (Å²) in [5.41, 5.74) is 0.256. The third kappa shape index (κ3) is 4.29. The van der Waals surface area contributed by atoms with Gasteiger partial charge in [-0.1, -0.05) is 17.7 Å². The van der Waals surface area contributed by atoms with Crippen LogP contribution in [0.25, 0.3) is 6.08 Å². The number of aliphatic hydroxyl groups is 1.